The van der Waals surface area contributed by atoms with Crippen LogP contribution in [0, 0.1) is 0 Å². The van der Waals surface area contributed by atoms with Crippen LogP contribution in [0.2, 0.25) is 0 Å². The quantitative estimate of drug-likeness (QED) is 0.480. The van der Waals surface area contributed by atoms with Gasteiger partial charge >= 0.3 is 0 Å². The van der Waals surface area contributed by atoms with Gasteiger partial charge in [-0.2, -0.15) is 0 Å². The van der Waals surface area contributed by atoms with Crippen molar-refractivity contribution in [2.75, 3.05) is 13.2 Å². The molecular formula is C19H13NO2S2. The summed E-state index contributed by atoms with van der Waals surface area (Å²) in [6.45, 7) is 1.21. The highest BCUT2D eigenvalue weighted by Crippen LogP contribution is 2.39. The maximum Gasteiger partial charge on any atom is 0.162 e. The number of ether oxygens (including phenoxy) is 2. The number of fused-ring (bicyclic) bond motifs is 2. The largest absolute Gasteiger partial charge is 0.486 e. The zero-order chi connectivity index (χ0) is 15.9. The molecule has 0 bridgehead atoms. The lowest BCUT2D eigenvalue weighted by Gasteiger charge is -2.18. The van der Waals surface area contributed by atoms with Crippen LogP contribution in [0.1, 0.15) is 0 Å². The molecule has 1 aliphatic rings. The maximum atomic E-state index is 5.68. The van der Waals surface area contributed by atoms with Gasteiger partial charge in [0.2, 0.25) is 0 Å². The van der Waals surface area contributed by atoms with E-state index >= 15 is 0 Å². The van der Waals surface area contributed by atoms with Crippen molar-refractivity contribution in [1.82, 2.24) is 4.98 Å². The number of nitrogens with zero attached hydrogens (tertiary/aromatic N) is 1. The molecule has 0 aliphatic carbocycles. The Morgan fingerprint density at radius 3 is 2.71 bits per heavy atom. The van der Waals surface area contributed by atoms with E-state index in [9.17, 15) is 0 Å². The molecule has 3 heterocycles. The number of benzene rings is 2. The Hall–Kier alpha value is -2.37. The lowest BCUT2D eigenvalue weighted by molar-refractivity contribution is 0.171. The maximum absolute atomic E-state index is 5.68. The Morgan fingerprint density at radius 2 is 1.75 bits per heavy atom. The summed E-state index contributed by atoms with van der Waals surface area (Å²) < 4.78 is 12.6. The van der Waals surface area contributed by atoms with Crippen LogP contribution in [0.3, 0.4) is 0 Å². The normalized spacial score (nSPS) is 13.3. The Labute approximate surface area is 147 Å². The van der Waals surface area contributed by atoms with Gasteiger partial charge in [-0.05, 0) is 24.3 Å². The molecule has 0 spiro atoms. The molecule has 0 radical (unpaired) electrons. The monoisotopic (exact) mass is 351 g/mol. The number of rotatable bonds is 2. The van der Waals surface area contributed by atoms with Gasteiger partial charge in [0.15, 0.2) is 11.5 Å². The fourth-order valence-electron chi connectivity index (χ4n) is 2.88. The van der Waals surface area contributed by atoms with E-state index < -0.39 is 0 Å². The van der Waals surface area contributed by atoms with Gasteiger partial charge in [0.05, 0.1) is 5.69 Å². The molecule has 118 valence electrons. The van der Waals surface area contributed by atoms with Crippen LogP contribution in [0.5, 0.6) is 11.5 Å². The third-order valence-corrected chi connectivity index (χ3v) is 5.91. The lowest BCUT2D eigenvalue weighted by atomic mass is 10.1. The Bertz CT molecular complexity index is 1030. The molecule has 1 aliphatic heterocycles. The molecule has 24 heavy (non-hydrogen) atoms. The minimum absolute atomic E-state index is 0.598. The van der Waals surface area contributed by atoms with Crippen LogP contribution in [-0.4, -0.2) is 18.2 Å². The summed E-state index contributed by atoms with van der Waals surface area (Å²) in [5.41, 5.74) is 3.30. The molecule has 0 saturated carbocycles. The van der Waals surface area contributed by atoms with Crippen molar-refractivity contribution in [1.29, 1.82) is 0 Å². The zero-order valence-corrected chi connectivity index (χ0v) is 14.3. The van der Waals surface area contributed by atoms with E-state index in [1.165, 1.54) is 15.6 Å². The molecule has 2 aromatic carbocycles. The van der Waals surface area contributed by atoms with E-state index in [-0.39, 0.29) is 0 Å². The number of thiazole rings is 1. The Balaban J connectivity index is 1.55. The van der Waals surface area contributed by atoms with Crippen molar-refractivity contribution in [2.24, 2.45) is 0 Å². The zero-order valence-electron chi connectivity index (χ0n) is 12.7. The van der Waals surface area contributed by atoms with Gasteiger partial charge in [-0.3, -0.25) is 0 Å². The standard InChI is InChI=1S/C19H13NO2S2/c1-2-4-18-13(3-1)14(10-23-18)15-11-24-19(20-15)12-5-6-16-17(9-12)22-8-7-21-16/h1-6,9-11H,7-8H2. The minimum atomic E-state index is 0.598. The van der Waals surface area contributed by atoms with Crippen LogP contribution in [-0.2, 0) is 0 Å². The number of aromatic nitrogens is 1. The summed E-state index contributed by atoms with van der Waals surface area (Å²) in [4.78, 5) is 4.85. The smallest absolute Gasteiger partial charge is 0.162 e. The minimum Gasteiger partial charge on any atom is -0.486 e. The van der Waals surface area contributed by atoms with E-state index in [4.69, 9.17) is 14.5 Å². The first-order valence-corrected chi connectivity index (χ1v) is 9.46. The summed E-state index contributed by atoms with van der Waals surface area (Å²) in [5, 5.41) is 6.58. The average Bonchev–Trinajstić information content (AvgIpc) is 3.28. The molecule has 5 rings (SSSR count). The van der Waals surface area contributed by atoms with Crippen LogP contribution in [0.25, 0.3) is 31.9 Å². The number of hydrogen-bond acceptors (Lipinski definition) is 5. The Kier molecular flexibility index (Phi) is 3.28. The lowest BCUT2D eigenvalue weighted by Crippen LogP contribution is -2.15. The molecule has 0 fully saturated rings. The molecule has 2 aromatic heterocycles. The second-order valence-corrected chi connectivity index (χ2v) is 7.31. The van der Waals surface area contributed by atoms with Crippen molar-refractivity contribution >= 4 is 32.8 Å². The highest BCUT2D eigenvalue weighted by Gasteiger charge is 2.15. The molecule has 0 unspecified atom stereocenters. The van der Waals surface area contributed by atoms with Crippen molar-refractivity contribution in [3.63, 3.8) is 0 Å². The summed E-state index contributed by atoms with van der Waals surface area (Å²) >= 11 is 3.42. The molecule has 0 atom stereocenters. The molecule has 3 nitrogen and oxygen atoms in total. The first-order chi connectivity index (χ1) is 11.9. The van der Waals surface area contributed by atoms with E-state index in [0.717, 1.165) is 27.8 Å². The predicted molar refractivity (Wildman–Crippen MR) is 99.4 cm³/mol. The van der Waals surface area contributed by atoms with Crippen LogP contribution >= 0.6 is 22.7 Å². The first-order valence-electron chi connectivity index (χ1n) is 7.71. The number of thiophene rings is 1. The third kappa shape index (κ3) is 2.28. The first kappa shape index (κ1) is 14.0. The summed E-state index contributed by atoms with van der Waals surface area (Å²) in [6.07, 6.45) is 0. The molecular weight excluding hydrogens is 338 g/mol. The van der Waals surface area contributed by atoms with Gasteiger partial charge in [0, 0.05) is 32.0 Å². The molecule has 5 heteroatoms. The van der Waals surface area contributed by atoms with Crippen LogP contribution < -0.4 is 9.47 Å². The SMILES string of the molecule is c1ccc2c(-c3csc(-c4ccc5c(c4)OCCO5)n3)csc2c1. The summed E-state index contributed by atoms with van der Waals surface area (Å²) in [6, 6.07) is 14.5. The highest BCUT2D eigenvalue weighted by atomic mass is 32.1. The third-order valence-electron chi connectivity index (χ3n) is 4.05. The van der Waals surface area contributed by atoms with E-state index in [1.807, 2.05) is 18.2 Å². The van der Waals surface area contributed by atoms with Crippen molar-refractivity contribution in [2.45, 2.75) is 0 Å². The highest BCUT2D eigenvalue weighted by molar-refractivity contribution is 7.18. The fourth-order valence-corrected chi connectivity index (χ4v) is 4.65. The summed E-state index contributed by atoms with van der Waals surface area (Å²) in [5.74, 6) is 1.61. The van der Waals surface area contributed by atoms with Crippen LogP contribution in [0.15, 0.2) is 53.2 Å². The second-order valence-electron chi connectivity index (χ2n) is 5.54. The van der Waals surface area contributed by atoms with Crippen molar-refractivity contribution in [3.05, 3.63) is 53.2 Å². The molecule has 0 amide bonds. The van der Waals surface area contributed by atoms with E-state index in [0.29, 0.717) is 13.2 Å². The van der Waals surface area contributed by atoms with Crippen molar-refractivity contribution in [3.8, 4) is 33.3 Å². The molecule has 4 aromatic rings. The number of hydrogen-bond donors (Lipinski definition) is 0. The van der Waals surface area contributed by atoms with Gasteiger partial charge in [0.1, 0.15) is 18.2 Å². The molecule has 0 saturated heterocycles. The fraction of sp³-hybridized carbons (Fsp3) is 0.105. The van der Waals surface area contributed by atoms with Gasteiger partial charge in [0.25, 0.3) is 0 Å². The van der Waals surface area contributed by atoms with Gasteiger partial charge in [-0.15, -0.1) is 22.7 Å². The van der Waals surface area contributed by atoms with Crippen molar-refractivity contribution < 1.29 is 9.47 Å². The van der Waals surface area contributed by atoms with Gasteiger partial charge in [-0.1, -0.05) is 18.2 Å². The van der Waals surface area contributed by atoms with Gasteiger partial charge < -0.3 is 9.47 Å². The molecule has 0 N–H and O–H groups in total. The van der Waals surface area contributed by atoms with E-state index in [1.54, 1.807) is 22.7 Å². The Morgan fingerprint density at radius 1 is 0.875 bits per heavy atom. The topological polar surface area (TPSA) is 31.4 Å². The predicted octanol–water partition coefficient (Wildman–Crippen LogP) is 5.46. The average molecular weight is 351 g/mol. The summed E-state index contributed by atoms with van der Waals surface area (Å²) in [7, 11) is 0. The van der Waals surface area contributed by atoms with Crippen LogP contribution in [0.4, 0.5) is 0 Å². The van der Waals surface area contributed by atoms with Gasteiger partial charge in [-0.25, -0.2) is 4.98 Å². The second kappa shape index (κ2) is 5.61. The van der Waals surface area contributed by atoms with E-state index in [2.05, 4.69) is 35.0 Å².